The van der Waals surface area contributed by atoms with Gasteiger partial charge in [0.2, 0.25) is 0 Å². The van der Waals surface area contributed by atoms with Crippen LogP contribution in [0.4, 0.5) is 0 Å². The molecule has 3 heteroatoms. The number of benzene rings is 1. The molecule has 0 amide bonds. The van der Waals surface area contributed by atoms with Gasteiger partial charge in [-0.3, -0.25) is 0 Å². The molecule has 102 valence electrons. The third-order valence-electron chi connectivity index (χ3n) is 3.64. The molecular weight excluding hydrogens is 236 g/mol. The molecule has 1 saturated carbocycles. The van der Waals surface area contributed by atoms with Gasteiger partial charge in [-0.1, -0.05) is 19.1 Å². The maximum atomic E-state index is 8.77. The molecule has 1 aliphatic carbocycles. The van der Waals surface area contributed by atoms with E-state index >= 15 is 0 Å². The number of nitrogens with zero attached hydrogens (tertiary/aromatic N) is 1. The minimum absolute atomic E-state index is 0.149. The Balaban J connectivity index is 1.77. The van der Waals surface area contributed by atoms with Gasteiger partial charge in [0.05, 0.1) is 12.7 Å². The number of nitrogens with one attached hydrogen (secondary N) is 1. The summed E-state index contributed by atoms with van der Waals surface area (Å²) in [4.78, 5) is 0. The van der Waals surface area contributed by atoms with E-state index in [4.69, 9.17) is 10.00 Å². The lowest BCUT2D eigenvalue weighted by Crippen LogP contribution is -2.14. The van der Waals surface area contributed by atoms with Gasteiger partial charge in [-0.15, -0.1) is 0 Å². The fourth-order valence-electron chi connectivity index (χ4n) is 2.07. The van der Waals surface area contributed by atoms with Crippen LogP contribution in [0.5, 0.6) is 5.75 Å². The summed E-state index contributed by atoms with van der Waals surface area (Å²) in [5, 5.41) is 12.1. The largest absolute Gasteiger partial charge is 0.493 e. The van der Waals surface area contributed by atoms with Crippen LogP contribution >= 0.6 is 0 Å². The maximum Gasteiger partial charge on any atom is 0.119 e. The second-order valence-electron chi connectivity index (χ2n) is 5.44. The number of rotatable bonds is 8. The molecule has 1 aliphatic rings. The molecule has 2 rings (SSSR count). The van der Waals surface area contributed by atoms with Crippen molar-refractivity contribution in [2.45, 2.75) is 39.2 Å². The predicted molar refractivity (Wildman–Crippen MR) is 75.8 cm³/mol. The summed E-state index contributed by atoms with van der Waals surface area (Å²) < 4.78 is 5.79. The van der Waals surface area contributed by atoms with E-state index in [1.165, 1.54) is 5.56 Å². The Morgan fingerprint density at radius 3 is 2.63 bits per heavy atom. The molecule has 3 nitrogen and oxygen atoms in total. The van der Waals surface area contributed by atoms with Crippen LogP contribution < -0.4 is 10.1 Å². The highest BCUT2D eigenvalue weighted by atomic mass is 16.5. The van der Waals surface area contributed by atoms with E-state index in [1.807, 2.05) is 12.1 Å². The van der Waals surface area contributed by atoms with Gasteiger partial charge in [0, 0.05) is 18.4 Å². The number of hydrogen-bond acceptors (Lipinski definition) is 3. The van der Waals surface area contributed by atoms with Crippen LogP contribution in [-0.4, -0.2) is 13.2 Å². The van der Waals surface area contributed by atoms with Crippen LogP contribution in [0.1, 0.15) is 38.2 Å². The minimum atomic E-state index is 0.149. The van der Waals surface area contributed by atoms with Gasteiger partial charge in [-0.05, 0) is 43.5 Å². The molecule has 0 radical (unpaired) electrons. The topological polar surface area (TPSA) is 45.0 Å². The van der Waals surface area contributed by atoms with E-state index < -0.39 is 0 Å². The third kappa shape index (κ3) is 4.25. The standard InChI is InChI=1S/C16H22N2O/c1-2-11-18-12-14-3-5-15(6-4-14)19-13-16(7-8-16)9-10-17/h3-6,18H,2,7-9,11-13H2,1H3. The SMILES string of the molecule is CCCNCc1ccc(OCC2(CC#N)CC2)cc1. The van der Waals surface area contributed by atoms with Crippen molar-refractivity contribution in [3.8, 4) is 11.8 Å². The molecule has 0 unspecified atom stereocenters. The van der Waals surface area contributed by atoms with Crippen LogP contribution in [0.15, 0.2) is 24.3 Å². The van der Waals surface area contributed by atoms with Gasteiger partial charge in [0.15, 0.2) is 0 Å². The molecular formula is C16H22N2O. The van der Waals surface area contributed by atoms with E-state index in [0.717, 1.165) is 38.1 Å². The van der Waals surface area contributed by atoms with Crippen molar-refractivity contribution >= 4 is 0 Å². The Bertz CT molecular complexity index is 429. The van der Waals surface area contributed by atoms with E-state index in [9.17, 15) is 0 Å². The fourth-order valence-corrected chi connectivity index (χ4v) is 2.07. The Kier molecular flexibility index (Phi) is 4.81. The molecule has 0 aromatic heterocycles. The van der Waals surface area contributed by atoms with Crippen molar-refractivity contribution < 1.29 is 4.74 Å². The molecule has 0 heterocycles. The molecule has 0 spiro atoms. The average Bonchev–Trinajstić information content (AvgIpc) is 3.19. The van der Waals surface area contributed by atoms with Crippen LogP contribution in [-0.2, 0) is 6.54 Å². The average molecular weight is 258 g/mol. The van der Waals surface area contributed by atoms with Gasteiger partial charge in [-0.25, -0.2) is 0 Å². The van der Waals surface area contributed by atoms with Crippen molar-refractivity contribution in [1.82, 2.24) is 5.32 Å². The van der Waals surface area contributed by atoms with Gasteiger partial charge < -0.3 is 10.1 Å². The van der Waals surface area contributed by atoms with Crippen LogP contribution in [0.25, 0.3) is 0 Å². The first-order valence-electron chi connectivity index (χ1n) is 7.07. The second kappa shape index (κ2) is 6.58. The highest BCUT2D eigenvalue weighted by molar-refractivity contribution is 5.27. The molecule has 19 heavy (non-hydrogen) atoms. The maximum absolute atomic E-state index is 8.77. The van der Waals surface area contributed by atoms with E-state index in [1.54, 1.807) is 0 Å². The van der Waals surface area contributed by atoms with Crippen molar-refractivity contribution in [1.29, 1.82) is 5.26 Å². The molecule has 1 aromatic carbocycles. The minimum Gasteiger partial charge on any atom is -0.493 e. The zero-order valence-corrected chi connectivity index (χ0v) is 11.6. The summed E-state index contributed by atoms with van der Waals surface area (Å²) >= 11 is 0. The Morgan fingerprint density at radius 1 is 1.32 bits per heavy atom. The van der Waals surface area contributed by atoms with Crippen molar-refractivity contribution in [3.63, 3.8) is 0 Å². The Labute approximate surface area is 115 Å². The summed E-state index contributed by atoms with van der Waals surface area (Å²) in [7, 11) is 0. The van der Waals surface area contributed by atoms with Crippen molar-refractivity contribution in [2.75, 3.05) is 13.2 Å². The summed E-state index contributed by atoms with van der Waals surface area (Å²) in [5.74, 6) is 0.906. The molecule has 1 aromatic rings. The first-order valence-corrected chi connectivity index (χ1v) is 7.07. The molecule has 0 saturated heterocycles. The Hall–Kier alpha value is -1.53. The Morgan fingerprint density at radius 2 is 2.05 bits per heavy atom. The fraction of sp³-hybridized carbons (Fsp3) is 0.562. The summed E-state index contributed by atoms with van der Waals surface area (Å²) in [6.07, 6.45) is 4.02. The van der Waals surface area contributed by atoms with Gasteiger partial charge >= 0.3 is 0 Å². The zero-order chi connectivity index (χ0) is 13.6. The molecule has 0 atom stereocenters. The second-order valence-corrected chi connectivity index (χ2v) is 5.44. The monoisotopic (exact) mass is 258 g/mol. The quantitative estimate of drug-likeness (QED) is 0.728. The first-order chi connectivity index (χ1) is 9.28. The summed E-state index contributed by atoms with van der Waals surface area (Å²) in [6, 6.07) is 10.5. The first kappa shape index (κ1) is 13.9. The third-order valence-corrected chi connectivity index (χ3v) is 3.64. The molecule has 1 N–H and O–H groups in total. The molecule has 0 aliphatic heterocycles. The van der Waals surface area contributed by atoms with Gasteiger partial charge in [0.1, 0.15) is 5.75 Å². The summed E-state index contributed by atoms with van der Waals surface area (Å²) in [6.45, 7) is 4.80. The van der Waals surface area contributed by atoms with Crippen molar-refractivity contribution in [3.05, 3.63) is 29.8 Å². The van der Waals surface area contributed by atoms with Gasteiger partial charge in [-0.2, -0.15) is 5.26 Å². The summed E-state index contributed by atoms with van der Waals surface area (Å²) in [5.41, 5.74) is 1.43. The predicted octanol–water partition coefficient (Wildman–Crippen LogP) is 3.26. The lowest BCUT2D eigenvalue weighted by molar-refractivity contribution is 0.237. The van der Waals surface area contributed by atoms with Crippen molar-refractivity contribution in [2.24, 2.45) is 5.41 Å². The van der Waals surface area contributed by atoms with E-state index in [0.29, 0.717) is 13.0 Å². The lowest BCUT2D eigenvalue weighted by Gasteiger charge is -2.13. The van der Waals surface area contributed by atoms with Crippen LogP contribution in [0, 0.1) is 16.7 Å². The highest BCUT2D eigenvalue weighted by Gasteiger charge is 2.43. The number of hydrogen-bond donors (Lipinski definition) is 1. The van der Waals surface area contributed by atoms with Gasteiger partial charge in [0.25, 0.3) is 0 Å². The van der Waals surface area contributed by atoms with Crippen LogP contribution in [0.3, 0.4) is 0 Å². The van der Waals surface area contributed by atoms with E-state index in [-0.39, 0.29) is 5.41 Å². The smallest absolute Gasteiger partial charge is 0.119 e. The zero-order valence-electron chi connectivity index (χ0n) is 11.6. The van der Waals surface area contributed by atoms with E-state index in [2.05, 4.69) is 30.4 Å². The normalized spacial score (nSPS) is 15.8. The highest BCUT2D eigenvalue weighted by Crippen LogP contribution is 2.48. The number of ether oxygens (including phenoxy) is 1. The molecule has 0 bridgehead atoms. The molecule has 1 fully saturated rings. The lowest BCUT2D eigenvalue weighted by atomic mass is 10.1. The number of nitriles is 1. The van der Waals surface area contributed by atoms with Crippen LogP contribution in [0.2, 0.25) is 0 Å².